The fourth-order valence-electron chi connectivity index (χ4n) is 1.29. The van der Waals surface area contributed by atoms with Crippen LogP contribution in [0.5, 0.6) is 0 Å². The molecule has 1 N–H and O–H groups in total. The van der Waals surface area contributed by atoms with E-state index < -0.39 is 0 Å². The van der Waals surface area contributed by atoms with Gasteiger partial charge in [0.15, 0.2) is 0 Å². The summed E-state index contributed by atoms with van der Waals surface area (Å²) in [5.74, 6) is 5.95. The highest BCUT2D eigenvalue weighted by atomic mass is 79.9. The lowest BCUT2D eigenvalue weighted by Crippen LogP contribution is -2.43. The normalized spacial score (nSPS) is 27.8. The number of rotatable bonds is 2. The molecule has 1 rings (SSSR count). The van der Waals surface area contributed by atoms with Crippen molar-refractivity contribution >= 4 is 15.9 Å². The minimum absolute atomic E-state index is 0.139. The maximum atomic E-state index is 5.57. The van der Waals surface area contributed by atoms with Crippen LogP contribution in [0.4, 0.5) is 0 Å². The van der Waals surface area contributed by atoms with Gasteiger partial charge in [-0.15, -0.1) is 5.92 Å². The minimum Gasteiger partial charge on any atom is -0.350 e. The highest BCUT2D eigenvalue weighted by Crippen LogP contribution is 2.17. The van der Waals surface area contributed by atoms with Crippen LogP contribution in [0.15, 0.2) is 0 Å². The second kappa shape index (κ2) is 6.42. The van der Waals surface area contributed by atoms with Crippen molar-refractivity contribution in [2.45, 2.75) is 37.2 Å². The smallest absolute Gasteiger partial charge is 0.122 e. The lowest BCUT2D eigenvalue weighted by Gasteiger charge is -2.27. The standard InChI is InChI=1S/C10H16BrNO/c1-2-3-4-8-13-10-9(11)6-5-7-12-10/h9-10,12H,2,5-8H2,1H3. The van der Waals surface area contributed by atoms with Gasteiger partial charge in [-0.2, -0.15) is 0 Å². The molecule has 0 spiro atoms. The number of alkyl halides is 1. The third kappa shape index (κ3) is 4.12. The maximum absolute atomic E-state index is 5.57. The first-order valence-electron chi connectivity index (χ1n) is 4.79. The molecular formula is C10H16BrNO. The lowest BCUT2D eigenvalue weighted by molar-refractivity contribution is 0.0389. The topological polar surface area (TPSA) is 21.3 Å². The zero-order valence-electron chi connectivity index (χ0n) is 7.98. The van der Waals surface area contributed by atoms with E-state index in [1.54, 1.807) is 0 Å². The van der Waals surface area contributed by atoms with Crippen molar-refractivity contribution in [1.29, 1.82) is 0 Å². The summed E-state index contributed by atoms with van der Waals surface area (Å²) in [6.07, 6.45) is 3.44. The summed E-state index contributed by atoms with van der Waals surface area (Å²) < 4.78 is 5.57. The molecule has 1 fully saturated rings. The number of hydrogen-bond donors (Lipinski definition) is 1. The Bertz CT molecular complexity index is 197. The van der Waals surface area contributed by atoms with Crippen LogP contribution in [-0.4, -0.2) is 24.2 Å². The summed E-state index contributed by atoms with van der Waals surface area (Å²) in [7, 11) is 0. The fourth-order valence-corrected chi connectivity index (χ4v) is 1.95. The van der Waals surface area contributed by atoms with Gasteiger partial charge < -0.3 is 4.74 Å². The largest absolute Gasteiger partial charge is 0.350 e. The summed E-state index contributed by atoms with van der Waals surface area (Å²) in [6.45, 7) is 3.63. The summed E-state index contributed by atoms with van der Waals surface area (Å²) in [5.41, 5.74) is 0. The van der Waals surface area contributed by atoms with Crippen molar-refractivity contribution < 1.29 is 4.74 Å². The van der Waals surface area contributed by atoms with E-state index >= 15 is 0 Å². The predicted molar refractivity (Wildman–Crippen MR) is 57.8 cm³/mol. The van der Waals surface area contributed by atoms with Crippen molar-refractivity contribution in [1.82, 2.24) is 5.32 Å². The molecule has 0 aromatic rings. The molecule has 0 aromatic carbocycles. The van der Waals surface area contributed by atoms with Crippen LogP contribution < -0.4 is 5.32 Å². The van der Waals surface area contributed by atoms with E-state index in [2.05, 4.69) is 33.1 Å². The fraction of sp³-hybridized carbons (Fsp3) is 0.800. The Hall–Kier alpha value is -0.0400. The van der Waals surface area contributed by atoms with Gasteiger partial charge in [-0.1, -0.05) is 28.8 Å². The Morgan fingerprint density at radius 2 is 2.38 bits per heavy atom. The molecule has 0 aromatic heterocycles. The van der Waals surface area contributed by atoms with Gasteiger partial charge in [0.2, 0.25) is 0 Å². The first-order valence-corrected chi connectivity index (χ1v) is 5.71. The molecule has 2 unspecified atom stereocenters. The van der Waals surface area contributed by atoms with Gasteiger partial charge in [0, 0.05) is 6.42 Å². The maximum Gasteiger partial charge on any atom is 0.122 e. The Morgan fingerprint density at radius 3 is 3.08 bits per heavy atom. The molecular weight excluding hydrogens is 230 g/mol. The zero-order chi connectivity index (χ0) is 9.52. The van der Waals surface area contributed by atoms with E-state index in [0.717, 1.165) is 13.0 Å². The highest BCUT2D eigenvalue weighted by molar-refractivity contribution is 9.09. The zero-order valence-corrected chi connectivity index (χ0v) is 9.56. The summed E-state index contributed by atoms with van der Waals surface area (Å²) in [5, 5.41) is 3.31. The third-order valence-electron chi connectivity index (χ3n) is 1.97. The van der Waals surface area contributed by atoms with Crippen LogP contribution in [0.25, 0.3) is 0 Å². The van der Waals surface area contributed by atoms with E-state index in [9.17, 15) is 0 Å². The summed E-state index contributed by atoms with van der Waals surface area (Å²) in [4.78, 5) is 0.435. The van der Waals surface area contributed by atoms with Gasteiger partial charge >= 0.3 is 0 Å². The molecule has 0 bridgehead atoms. The Balaban J connectivity index is 2.18. The predicted octanol–water partition coefficient (Wildman–Crippen LogP) is 1.89. The lowest BCUT2D eigenvalue weighted by atomic mass is 10.1. The molecule has 1 heterocycles. The Kier molecular flexibility index (Phi) is 5.45. The average molecular weight is 246 g/mol. The van der Waals surface area contributed by atoms with Crippen molar-refractivity contribution in [2.24, 2.45) is 0 Å². The SMILES string of the molecule is CCC#CCOC1NCCCC1Br. The molecule has 0 saturated carbocycles. The first kappa shape index (κ1) is 11.0. The van der Waals surface area contributed by atoms with Crippen LogP contribution in [0.1, 0.15) is 26.2 Å². The average Bonchev–Trinajstić information content (AvgIpc) is 2.15. The number of nitrogens with one attached hydrogen (secondary N) is 1. The first-order chi connectivity index (χ1) is 6.34. The molecule has 13 heavy (non-hydrogen) atoms. The third-order valence-corrected chi connectivity index (χ3v) is 2.91. The van der Waals surface area contributed by atoms with Gasteiger partial charge in [0.1, 0.15) is 12.8 Å². The monoisotopic (exact) mass is 245 g/mol. The van der Waals surface area contributed by atoms with E-state index in [-0.39, 0.29) is 6.23 Å². The van der Waals surface area contributed by atoms with Gasteiger partial charge in [-0.25, -0.2) is 0 Å². The van der Waals surface area contributed by atoms with Crippen molar-refractivity contribution in [2.75, 3.05) is 13.2 Å². The minimum atomic E-state index is 0.139. The van der Waals surface area contributed by atoms with Gasteiger partial charge in [-0.3, -0.25) is 5.32 Å². The molecule has 3 heteroatoms. The second-order valence-corrected chi connectivity index (χ2v) is 4.23. The number of piperidine rings is 1. The van der Waals surface area contributed by atoms with Crippen LogP contribution in [0, 0.1) is 11.8 Å². The van der Waals surface area contributed by atoms with Crippen molar-refractivity contribution in [3.8, 4) is 11.8 Å². The van der Waals surface area contributed by atoms with E-state index in [1.807, 2.05) is 6.92 Å². The second-order valence-electron chi connectivity index (χ2n) is 3.05. The van der Waals surface area contributed by atoms with Gasteiger partial charge in [0.25, 0.3) is 0 Å². The summed E-state index contributed by atoms with van der Waals surface area (Å²) in [6, 6.07) is 0. The number of hydrogen-bond acceptors (Lipinski definition) is 2. The summed E-state index contributed by atoms with van der Waals surface area (Å²) >= 11 is 3.59. The van der Waals surface area contributed by atoms with Crippen molar-refractivity contribution in [3.05, 3.63) is 0 Å². The van der Waals surface area contributed by atoms with Crippen LogP contribution in [0.3, 0.4) is 0 Å². The molecule has 0 amide bonds. The molecule has 0 radical (unpaired) electrons. The quantitative estimate of drug-likeness (QED) is 0.593. The highest BCUT2D eigenvalue weighted by Gasteiger charge is 2.21. The number of ether oxygens (including phenoxy) is 1. The van der Waals surface area contributed by atoms with Gasteiger partial charge in [-0.05, 0) is 19.4 Å². The number of halogens is 1. The molecule has 74 valence electrons. The van der Waals surface area contributed by atoms with Crippen LogP contribution >= 0.6 is 15.9 Å². The molecule has 0 aliphatic carbocycles. The van der Waals surface area contributed by atoms with E-state index in [4.69, 9.17) is 4.74 Å². The Labute approximate surface area is 88.5 Å². The Morgan fingerprint density at radius 1 is 1.54 bits per heavy atom. The van der Waals surface area contributed by atoms with E-state index in [0.29, 0.717) is 11.4 Å². The molecule has 2 nitrogen and oxygen atoms in total. The van der Waals surface area contributed by atoms with Crippen LogP contribution in [0.2, 0.25) is 0 Å². The molecule has 1 aliphatic rings. The van der Waals surface area contributed by atoms with Crippen molar-refractivity contribution in [3.63, 3.8) is 0 Å². The molecule has 1 saturated heterocycles. The molecule has 2 atom stereocenters. The molecule has 1 aliphatic heterocycles. The van der Waals surface area contributed by atoms with E-state index in [1.165, 1.54) is 12.8 Å². The van der Waals surface area contributed by atoms with Crippen LogP contribution in [-0.2, 0) is 4.74 Å². The van der Waals surface area contributed by atoms with Gasteiger partial charge in [0.05, 0.1) is 4.83 Å².